The molecule has 1 fully saturated rings. The van der Waals surface area contributed by atoms with Gasteiger partial charge in [-0.1, -0.05) is 23.2 Å². The number of nitrogens with zero attached hydrogens (tertiary/aromatic N) is 4. The quantitative estimate of drug-likeness (QED) is 0.495. The summed E-state index contributed by atoms with van der Waals surface area (Å²) in [5.74, 6) is 1.86. The lowest BCUT2D eigenvalue weighted by atomic mass is 10.2. The molecule has 1 saturated heterocycles. The standard InChI is InChI=1S/C21H22Cl2N4O4S/c1-15-24-21(16-2-7-19(22)20(23)14-16)27(25-15)10-13-31-17-3-5-18(6-4-17)32(28,29)26-8-11-30-12-9-26/h2-7,14H,8-13H2,1H3. The van der Waals surface area contributed by atoms with Gasteiger partial charge in [0.15, 0.2) is 5.82 Å². The third-order valence-electron chi connectivity index (χ3n) is 4.96. The normalized spacial score (nSPS) is 15.1. The van der Waals surface area contributed by atoms with Crippen molar-refractivity contribution in [1.82, 2.24) is 19.1 Å². The van der Waals surface area contributed by atoms with Crippen LogP contribution in [0.2, 0.25) is 10.0 Å². The Hall–Kier alpha value is -2.17. The van der Waals surface area contributed by atoms with Gasteiger partial charge in [0.25, 0.3) is 0 Å². The van der Waals surface area contributed by atoms with E-state index >= 15 is 0 Å². The van der Waals surface area contributed by atoms with Crippen molar-refractivity contribution in [1.29, 1.82) is 0 Å². The summed E-state index contributed by atoms with van der Waals surface area (Å²) in [7, 11) is -3.53. The molecule has 2 heterocycles. The predicted octanol–water partition coefficient (Wildman–Crippen LogP) is 3.66. The highest BCUT2D eigenvalue weighted by atomic mass is 35.5. The van der Waals surface area contributed by atoms with Gasteiger partial charge in [-0.3, -0.25) is 0 Å². The van der Waals surface area contributed by atoms with Crippen LogP contribution >= 0.6 is 23.2 Å². The molecule has 170 valence electrons. The molecule has 1 aliphatic heterocycles. The molecule has 0 N–H and O–H groups in total. The number of hydrogen-bond donors (Lipinski definition) is 0. The van der Waals surface area contributed by atoms with E-state index in [2.05, 4.69) is 10.1 Å². The Labute approximate surface area is 196 Å². The summed E-state index contributed by atoms with van der Waals surface area (Å²) >= 11 is 12.1. The summed E-state index contributed by atoms with van der Waals surface area (Å²) in [6.45, 7) is 4.12. The topological polar surface area (TPSA) is 86.6 Å². The van der Waals surface area contributed by atoms with Crippen LogP contribution in [0.3, 0.4) is 0 Å². The number of sulfonamides is 1. The van der Waals surface area contributed by atoms with E-state index in [9.17, 15) is 8.42 Å². The van der Waals surface area contributed by atoms with E-state index in [0.717, 1.165) is 5.56 Å². The fraction of sp³-hybridized carbons (Fsp3) is 0.333. The molecule has 4 rings (SSSR count). The van der Waals surface area contributed by atoms with Crippen LogP contribution in [0.4, 0.5) is 0 Å². The van der Waals surface area contributed by atoms with Gasteiger partial charge in [0.2, 0.25) is 10.0 Å². The van der Waals surface area contributed by atoms with Gasteiger partial charge in [0.05, 0.1) is 34.7 Å². The summed E-state index contributed by atoms with van der Waals surface area (Å²) in [6.07, 6.45) is 0. The molecule has 8 nitrogen and oxygen atoms in total. The second kappa shape index (κ2) is 9.76. The van der Waals surface area contributed by atoms with Crippen LogP contribution in [0, 0.1) is 6.92 Å². The zero-order valence-electron chi connectivity index (χ0n) is 17.4. The van der Waals surface area contributed by atoms with Crippen molar-refractivity contribution < 1.29 is 17.9 Å². The maximum atomic E-state index is 12.7. The number of rotatable bonds is 7. The molecule has 1 aromatic heterocycles. The van der Waals surface area contributed by atoms with E-state index in [1.54, 1.807) is 41.1 Å². The van der Waals surface area contributed by atoms with Gasteiger partial charge in [-0.15, -0.1) is 0 Å². The van der Waals surface area contributed by atoms with Crippen molar-refractivity contribution in [3.8, 4) is 17.1 Å². The van der Waals surface area contributed by atoms with E-state index in [-0.39, 0.29) is 4.90 Å². The van der Waals surface area contributed by atoms with Crippen molar-refractivity contribution in [3.63, 3.8) is 0 Å². The highest BCUT2D eigenvalue weighted by molar-refractivity contribution is 7.89. The minimum atomic E-state index is -3.53. The molecule has 32 heavy (non-hydrogen) atoms. The second-order valence-electron chi connectivity index (χ2n) is 7.17. The van der Waals surface area contributed by atoms with Crippen LogP contribution in [-0.2, 0) is 21.3 Å². The number of aryl methyl sites for hydroxylation is 1. The molecule has 11 heteroatoms. The van der Waals surface area contributed by atoms with Gasteiger partial charge in [0, 0.05) is 18.7 Å². The Morgan fingerprint density at radius 1 is 1.06 bits per heavy atom. The Morgan fingerprint density at radius 3 is 2.47 bits per heavy atom. The van der Waals surface area contributed by atoms with Gasteiger partial charge >= 0.3 is 0 Å². The SMILES string of the molecule is Cc1nc(-c2ccc(Cl)c(Cl)c2)n(CCOc2ccc(S(=O)(=O)N3CCOCC3)cc2)n1. The maximum Gasteiger partial charge on any atom is 0.243 e. The maximum absolute atomic E-state index is 12.7. The van der Waals surface area contributed by atoms with Gasteiger partial charge in [-0.05, 0) is 49.4 Å². The molecular weight excluding hydrogens is 475 g/mol. The average Bonchev–Trinajstić information content (AvgIpc) is 3.17. The molecule has 0 aliphatic carbocycles. The number of aromatic nitrogens is 3. The van der Waals surface area contributed by atoms with E-state index in [0.29, 0.717) is 66.9 Å². The molecule has 1 aliphatic rings. The Kier molecular flexibility index (Phi) is 7.02. The highest BCUT2D eigenvalue weighted by Crippen LogP contribution is 2.28. The fourth-order valence-electron chi connectivity index (χ4n) is 3.35. The number of halogens is 2. The lowest BCUT2D eigenvalue weighted by molar-refractivity contribution is 0.0730. The van der Waals surface area contributed by atoms with Gasteiger partial charge in [0.1, 0.15) is 18.2 Å². The van der Waals surface area contributed by atoms with Crippen LogP contribution in [-0.4, -0.2) is 60.4 Å². The predicted molar refractivity (Wildman–Crippen MR) is 122 cm³/mol. The third-order valence-corrected chi connectivity index (χ3v) is 7.61. The number of ether oxygens (including phenoxy) is 2. The van der Waals surface area contributed by atoms with E-state index in [1.165, 1.54) is 4.31 Å². The second-order valence-corrected chi connectivity index (χ2v) is 9.92. The summed E-state index contributed by atoms with van der Waals surface area (Å²) in [6, 6.07) is 11.7. The van der Waals surface area contributed by atoms with E-state index in [1.807, 2.05) is 13.0 Å². The first-order chi connectivity index (χ1) is 15.3. The monoisotopic (exact) mass is 496 g/mol. The number of morpholine rings is 1. The Bertz CT molecular complexity index is 1190. The van der Waals surface area contributed by atoms with Gasteiger partial charge in [-0.2, -0.15) is 9.40 Å². The molecule has 2 aromatic carbocycles. The van der Waals surface area contributed by atoms with Crippen molar-refractivity contribution in [3.05, 3.63) is 58.3 Å². The molecule has 0 spiro atoms. The number of hydrogen-bond acceptors (Lipinski definition) is 6. The van der Waals surface area contributed by atoms with Crippen LogP contribution < -0.4 is 4.74 Å². The first kappa shape index (κ1) is 23.0. The summed E-state index contributed by atoms with van der Waals surface area (Å²) in [5.41, 5.74) is 0.803. The molecule has 0 unspecified atom stereocenters. The van der Waals surface area contributed by atoms with Crippen LogP contribution in [0.25, 0.3) is 11.4 Å². The number of benzene rings is 2. The lowest BCUT2D eigenvalue weighted by Gasteiger charge is -2.26. The smallest absolute Gasteiger partial charge is 0.243 e. The zero-order chi connectivity index (χ0) is 22.7. The minimum Gasteiger partial charge on any atom is -0.492 e. The van der Waals surface area contributed by atoms with Crippen LogP contribution in [0.15, 0.2) is 47.4 Å². The fourth-order valence-corrected chi connectivity index (χ4v) is 5.06. The lowest BCUT2D eigenvalue weighted by Crippen LogP contribution is -2.40. The first-order valence-electron chi connectivity index (χ1n) is 10.0. The molecule has 0 bridgehead atoms. The average molecular weight is 497 g/mol. The van der Waals surface area contributed by atoms with Gasteiger partial charge in [-0.25, -0.2) is 18.1 Å². The van der Waals surface area contributed by atoms with Crippen molar-refractivity contribution in [2.45, 2.75) is 18.4 Å². The summed E-state index contributed by atoms with van der Waals surface area (Å²) in [4.78, 5) is 4.71. The molecule has 3 aromatic rings. The summed E-state index contributed by atoms with van der Waals surface area (Å²) < 4.78 is 39.6. The van der Waals surface area contributed by atoms with Gasteiger partial charge < -0.3 is 9.47 Å². The zero-order valence-corrected chi connectivity index (χ0v) is 19.7. The summed E-state index contributed by atoms with van der Waals surface area (Å²) in [5, 5.41) is 5.34. The third kappa shape index (κ3) is 5.07. The molecular formula is C21H22Cl2N4O4S. The van der Waals surface area contributed by atoms with Crippen LogP contribution in [0.5, 0.6) is 5.75 Å². The highest BCUT2D eigenvalue weighted by Gasteiger charge is 2.26. The Morgan fingerprint density at radius 2 is 1.78 bits per heavy atom. The first-order valence-corrected chi connectivity index (χ1v) is 12.2. The van der Waals surface area contributed by atoms with Crippen LogP contribution in [0.1, 0.15) is 5.82 Å². The van der Waals surface area contributed by atoms with E-state index < -0.39 is 10.0 Å². The van der Waals surface area contributed by atoms with Crippen molar-refractivity contribution in [2.75, 3.05) is 32.9 Å². The van der Waals surface area contributed by atoms with E-state index in [4.69, 9.17) is 32.7 Å². The minimum absolute atomic E-state index is 0.237. The van der Waals surface area contributed by atoms with Crippen molar-refractivity contribution in [2.24, 2.45) is 0 Å². The van der Waals surface area contributed by atoms with Crippen molar-refractivity contribution >= 4 is 33.2 Å². The molecule has 0 radical (unpaired) electrons. The molecule has 0 atom stereocenters. The largest absolute Gasteiger partial charge is 0.492 e. The Balaban J connectivity index is 1.40. The molecule has 0 saturated carbocycles. The molecule has 0 amide bonds.